The molecule has 5 heteroatoms. The van der Waals surface area contributed by atoms with Crippen molar-refractivity contribution in [3.05, 3.63) is 47.7 Å². The first-order valence-corrected chi connectivity index (χ1v) is 7.90. The van der Waals surface area contributed by atoms with Gasteiger partial charge in [0.05, 0.1) is 20.3 Å². The van der Waals surface area contributed by atoms with Crippen LogP contribution in [0.1, 0.15) is 17.9 Å². The summed E-state index contributed by atoms with van der Waals surface area (Å²) in [5, 5.41) is 0. The predicted octanol–water partition coefficient (Wildman–Crippen LogP) is 1.75. The number of ether oxygens (including phenoxy) is 2. The summed E-state index contributed by atoms with van der Waals surface area (Å²) >= 11 is 0. The summed E-state index contributed by atoms with van der Waals surface area (Å²) in [5.41, 5.74) is 1.99. The summed E-state index contributed by atoms with van der Waals surface area (Å²) in [4.78, 5) is 26.9. The highest BCUT2D eigenvalue weighted by molar-refractivity contribution is 6.07. The maximum atomic E-state index is 12.6. The number of hydrogen-bond acceptors (Lipinski definition) is 5. The van der Waals surface area contributed by atoms with E-state index in [0.29, 0.717) is 19.6 Å². The maximum Gasteiger partial charge on any atom is 0.317 e. The van der Waals surface area contributed by atoms with Gasteiger partial charge in [0.25, 0.3) is 0 Å². The van der Waals surface area contributed by atoms with Gasteiger partial charge in [-0.2, -0.15) is 0 Å². The van der Waals surface area contributed by atoms with Gasteiger partial charge in [-0.3, -0.25) is 9.59 Å². The molecule has 3 rings (SSSR count). The van der Waals surface area contributed by atoms with Gasteiger partial charge < -0.3 is 14.4 Å². The van der Waals surface area contributed by atoms with Gasteiger partial charge in [0.2, 0.25) is 0 Å². The third-order valence-electron chi connectivity index (χ3n) is 4.55. The summed E-state index contributed by atoms with van der Waals surface area (Å²) < 4.78 is 10.2. The minimum Gasteiger partial charge on any atom is -0.468 e. The molecule has 0 spiro atoms. The lowest BCUT2D eigenvalue weighted by Gasteiger charge is -2.36. The minimum atomic E-state index is -0.757. The van der Waals surface area contributed by atoms with E-state index < -0.39 is 11.9 Å². The lowest BCUT2D eigenvalue weighted by atomic mass is 9.76. The number of rotatable bonds is 3. The smallest absolute Gasteiger partial charge is 0.317 e. The second kappa shape index (κ2) is 6.96. The van der Waals surface area contributed by atoms with Crippen molar-refractivity contribution < 1.29 is 19.1 Å². The van der Waals surface area contributed by atoms with Crippen LogP contribution in [0.3, 0.4) is 0 Å². The first-order valence-electron chi connectivity index (χ1n) is 7.90. The Balaban J connectivity index is 1.92. The first kappa shape index (κ1) is 15.7. The van der Waals surface area contributed by atoms with Crippen molar-refractivity contribution >= 4 is 11.8 Å². The van der Waals surface area contributed by atoms with Crippen LogP contribution in [0.25, 0.3) is 0 Å². The Labute approximate surface area is 135 Å². The summed E-state index contributed by atoms with van der Waals surface area (Å²) in [6.07, 6.45) is 2.28. The summed E-state index contributed by atoms with van der Waals surface area (Å²) in [5.74, 6) is -1.56. The molecule has 0 radical (unpaired) electrons. The summed E-state index contributed by atoms with van der Waals surface area (Å²) in [7, 11) is 1.33. The molecule has 1 fully saturated rings. The Bertz CT molecular complexity index is 605. The van der Waals surface area contributed by atoms with Crippen LogP contribution in [-0.4, -0.2) is 50.1 Å². The lowest BCUT2D eigenvalue weighted by Crippen LogP contribution is -2.41. The quantitative estimate of drug-likeness (QED) is 0.628. The Morgan fingerprint density at radius 1 is 1.22 bits per heavy atom. The second-order valence-electron chi connectivity index (χ2n) is 5.86. The van der Waals surface area contributed by atoms with Crippen molar-refractivity contribution in [1.82, 2.24) is 4.90 Å². The van der Waals surface area contributed by atoms with Crippen molar-refractivity contribution in [2.75, 3.05) is 33.4 Å². The van der Waals surface area contributed by atoms with Gasteiger partial charge in [0.1, 0.15) is 5.92 Å². The zero-order valence-electron chi connectivity index (χ0n) is 13.2. The van der Waals surface area contributed by atoms with Gasteiger partial charge in [0.15, 0.2) is 5.78 Å². The molecular formula is C18H21NO4. The molecule has 0 N–H and O–H groups in total. The predicted molar refractivity (Wildman–Crippen MR) is 84.8 cm³/mol. The molecule has 2 aliphatic rings. The Morgan fingerprint density at radius 3 is 2.57 bits per heavy atom. The zero-order valence-corrected chi connectivity index (χ0v) is 13.2. The van der Waals surface area contributed by atoms with E-state index in [4.69, 9.17) is 9.47 Å². The SMILES string of the molecule is COC(=O)[C@H]1C(=O)C=C(N2CCOCC2)C[C@H]1c1ccccc1. The monoisotopic (exact) mass is 315 g/mol. The van der Waals surface area contributed by atoms with E-state index in [-0.39, 0.29) is 11.7 Å². The fourth-order valence-electron chi connectivity index (χ4n) is 3.34. The number of carbonyl (C=O) groups excluding carboxylic acids is 2. The van der Waals surface area contributed by atoms with Crippen molar-refractivity contribution in [3.63, 3.8) is 0 Å². The van der Waals surface area contributed by atoms with Crippen LogP contribution in [0.15, 0.2) is 42.1 Å². The molecule has 1 aliphatic carbocycles. The average Bonchev–Trinajstić information content (AvgIpc) is 2.62. The zero-order chi connectivity index (χ0) is 16.2. The van der Waals surface area contributed by atoms with E-state index in [0.717, 1.165) is 24.4 Å². The molecule has 0 aromatic heterocycles. The molecule has 1 heterocycles. The lowest BCUT2D eigenvalue weighted by molar-refractivity contribution is -0.149. The van der Waals surface area contributed by atoms with E-state index in [2.05, 4.69) is 4.90 Å². The maximum absolute atomic E-state index is 12.6. The highest BCUT2D eigenvalue weighted by Gasteiger charge is 2.40. The molecule has 5 nitrogen and oxygen atoms in total. The molecule has 1 saturated heterocycles. The number of methoxy groups -OCH3 is 1. The van der Waals surface area contributed by atoms with Crippen LogP contribution < -0.4 is 0 Å². The van der Waals surface area contributed by atoms with Crippen LogP contribution in [0, 0.1) is 5.92 Å². The van der Waals surface area contributed by atoms with Gasteiger partial charge >= 0.3 is 5.97 Å². The Hall–Kier alpha value is -2.14. The third kappa shape index (κ3) is 3.29. The fourth-order valence-corrected chi connectivity index (χ4v) is 3.34. The van der Waals surface area contributed by atoms with Crippen molar-refractivity contribution in [2.45, 2.75) is 12.3 Å². The topological polar surface area (TPSA) is 55.8 Å². The molecule has 122 valence electrons. The number of carbonyl (C=O) groups is 2. The molecule has 1 aliphatic heterocycles. The number of hydrogen-bond donors (Lipinski definition) is 0. The van der Waals surface area contributed by atoms with E-state index in [1.165, 1.54) is 7.11 Å². The van der Waals surface area contributed by atoms with Crippen molar-refractivity contribution in [1.29, 1.82) is 0 Å². The van der Waals surface area contributed by atoms with Crippen LogP contribution in [0.4, 0.5) is 0 Å². The van der Waals surface area contributed by atoms with Crippen LogP contribution in [-0.2, 0) is 19.1 Å². The molecule has 23 heavy (non-hydrogen) atoms. The summed E-state index contributed by atoms with van der Waals surface area (Å²) in [6, 6.07) is 9.73. The number of benzene rings is 1. The molecule has 2 atom stereocenters. The second-order valence-corrected chi connectivity index (χ2v) is 5.86. The molecule has 1 aromatic carbocycles. The highest BCUT2D eigenvalue weighted by Crippen LogP contribution is 2.37. The number of morpholine rings is 1. The number of nitrogens with zero attached hydrogens (tertiary/aromatic N) is 1. The first-order chi connectivity index (χ1) is 11.2. The molecule has 0 unspecified atom stereocenters. The molecule has 1 aromatic rings. The third-order valence-corrected chi connectivity index (χ3v) is 4.55. The minimum absolute atomic E-state index is 0.168. The fraction of sp³-hybridized carbons (Fsp3) is 0.444. The van der Waals surface area contributed by atoms with Gasteiger partial charge in [0, 0.05) is 30.8 Å². The summed E-state index contributed by atoms with van der Waals surface area (Å²) in [6.45, 7) is 2.90. The highest BCUT2D eigenvalue weighted by atomic mass is 16.5. The van der Waals surface area contributed by atoms with Crippen LogP contribution in [0.2, 0.25) is 0 Å². The van der Waals surface area contributed by atoms with Crippen LogP contribution >= 0.6 is 0 Å². The van der Waals surface area contributed by atoms with E-state index in [1.54, 1.807) is 6.08 Å². The van der Waals surface area contributed by atoms with Gasteiger partial charge in [-0.25, -0.2) is 0 Å². The molecule has 0 amide bonds. The number of ketones is 1. The van der Waals surface area contributed by atoms with Gasteiger partial charge in [-0.15, -0.1) is 0 Å². The average molecular weight is 315 g/mol. The Kier molecular flexibility index (Phi) is 4.76. The number of allylic oxidation sites excluding steroid dienone is 2. The number of esters is 1. The van der Waals surface area contributed by atoms with Crippen molar-refractivity contribution in [2.24, 2.45) is 5.92 Å². The molecule has 0 saturated carbocycles. The Morgan fingerprint density at radius 2 is 1.91 bits per heavy atom. The van der Waals surface area contributed by atoms with E-state index in [9.17, 15) is 9.59 Å². The van der Waals surface area contributed by atoms with E-state index in [1.807, 2.05) is 30.3 Å². The van der Waals surface area contributed by atoms with Gasteiger partial charge in [-0.05, 0) is 12.0 Å². The largest absolute Gasteiger partial charge is 0.468 e. The molecular weight excluding hydrogens is 294 g/mol. The standard InChI is InChI=1S/C18H21NO4/c1-22-18(21)17-15(13-5-3-2-4-6-13)11-14(12-16(17)20)19-7-9-23-10-8-19/h2-6,12,15,17H,7-11H2,1H3/t15-,17+/m0/s1. The van der Waals surface area contributed by atoms with Crippen molar-refractivity contribution in [3.8, 4) is 0 Å². The van der Waals surface area contributed by atoms with Crippen LogP contribution in [0.5, 0.6) is 0 Å². The normalized spacial score (nSPS) is 25.0. The molecule has 0 bridgehead atoms. The van der Waals surface area contributed by atoms with Gasteiger partial charge in [-0.1, -0.05) is 30.3 Å². The van der Waals surface area contributed by atoms with E-state index >= 15 is 0 Å².